The van der Waals surface area contributed by atoms with Gasteiger partial charge in [-0.05, 0) is 12.1 Å². The predicted octanol–water partition coefficient (Wildman–Crippen LogP) is 2.44. The van der Waals surface area contributed by atoms with E-state index in [1.807, 2.05) is 24.3 Å². The molecule has 0 saturated carbocycles. The Labute approximate surface area is 99.8 Å². The Morgan fingerprint density at radius 2 is 2.19 bits per heavy atom. The van der Waals surface area contributed by atoms with E-state index in [9.17, 15) is 4.79 Å². The first-order valence-corrected chi connectivity index (χ1v) is 5.94. The molecule has 1 aromatic carbocycles. The van der Waals surface area contributed by atoms with E-state index >= 15 is 0 Å². The number of hydrogen-bond donors (Lipinski definition) is 1. The van der Waals surface area contributed by atoms with Crippen LogP contribution in [0, 0.1) is 11.3 Å². The normalized spacial score (nSPS) is 9.88. The standard InChI is InChI=1S/C12H14N2OS/c1-9(2)16-11-6-4-3-5-10(11)12(15)14-8-7-13/h3-6,9H,8H2,1-2H3,(H,14,15). The number of hydrogen-bond acceptors (Lipinski definition) is 3. The van der Waals surface area contributed by atoms with Crippen LogP contribution in [0.3, 0.4) is 0 Å². The molecule has 0 unspecified atom stereocenters. The molecular formula is C12H14N2OS. The van der Waals surface area contributed by atoms with Crippen molar-refractivity contribution in [3.8, 4) is 6.07 Å². The van der Waals surface area contributed by atoms with Crippen molar-refractivity contribution in [2.45, 2.75) is 24.0 Å². The summed E-state index contributed by atoms with van der Waals surface area (Å²) in [5.41, 5.74) is 0.636. The third-order valence-electron chi connectivity index (χ3n) is 1.82. The number of benzene rings is 1. The molecule has 1 amide bonds. The number of nitrogens with one attached hydrogen (secondary N) is 1. The maximum Gasteiger partial charge on any atom is 0.253 e. The molecule has 1 aromatic rings. The molecule has 0 atom stereocenters. The van der Waals surface area contributed by atoms with E-state index < -0.39 is 0 Å². The highest BCUT2D eigenvalue weighted by atomic mass is 32.2. The monoisotopic (exact) mass is 234 g/mol. The summed E-state index contributed by atoms with van der Waals surface area (Å²) in [4.78, 5) is 12.7. The molecule has 0 fully saturated rings. The minimum atomic E-state index is -0.190. The molecule has 16 heavy (non-hydrogen) atoms. The highest BCUT2D eigenvalue weighted by Gasteiger charge is 2.11. The fraction of sp³-hybridized carbons (Fsp3) is 0.333. The van der Waals surface area contributed by atoms with Crippen LogP contribution in [0.4, 0.5) is 0 Å². The number of carbonyl (C=O) groups is 1. The molecule has 84 valence electrons. The van der Waals surface area contributed by atoms with Gasteiger partial charge in [0.05, 0.1) is 11.6 Å². The quantitative estimate of drug-likeness (QED) is 0.643. The van der Waals surface area contributed by atoms with Crippen LogP contribution in [0.15, 0.2) is 29.2 Å². The zero-order valence-corrected chi connectivity index (χ0v) is 10.2. The van der Waals surface area contributed by atoms with Gasteiger partial charge in [0.2, 0.25) is 0 Å². The van der Waals surface area contributed by atoms with Crippen molar-refractivity contribution >= 4 is 17.7 Å². The van der Waals surface area contributed by atoms with Gasteiger partial charge in [-0.3, -0.25) is 4.79 Å². The molecule has 1 rings (SSSR count). The van der Waals surface area contributed by atoms with E-state index in [1.165, 1.54) is 0 Å². The molecular weight excluding hydrogens is 220 g/mol. The van der Waals surface area contributed by atoms with Crippen LogP contribution in [-0.2, 0) is 0 Å². The summed E-state index contributed by atoms with van der Waals surface area (Å²) in [5.74, 6) is -0.190. The maximum absolute atomic E-state index is 11.7. The van der Waals surface area contributed by atoms with Gasteiger partial charge in [-0.25, -0.2) is 0 Å². The van der Waals surface area contributed by atoms with Crippen LogP contribution in [-0.4, -0.2) is 17.7 Å². The van der Waals surface area contributed by atoms with Crippen molar-refractivity contribution in [2.75, 3.05) is 6.54 Å². The molecule has 0 spiro atoms. The number of nitriles is 1. The molecule has 4 heteroatoms. The summed E-state index contributed by atoms with van der Waals surface area (Å²) >= 11 is 1.64. The van der Waals surface area contributed by atoms with Gasteiger partial charge >= 0.3 is 0 Å². The summed E-state index contributed by atoms with van der Waals surface area (Å²) in [5, 5.41) is 11.4. The molecule has 1 N–H and O–H groups in total. The summed E-state index contributed by atoms with van der Waals surface area (Å²) in [7, 11) is 0. The molecule has 3 nitrogen and oxygen atoms in total. The third kappa shape index (κ3) is 3.59. The molecule has 0 heterocycles. The fourth-order valence-corrected chi connectivity index (χ4v) is 2.18. The van der Waals surface area contributed by atoms with Gasteiger partial charge in [0, 0.05) is 10.1 Å². The largest absolute Gasteiger partial charge is 0.339 e. The van der Waals surface area contributed by atoms with Crippen LogP contribution >= 0.6 is 11.8 Å². The Bertz CT molecular complexity index is 410. The minimum absolute atomic E-state index is 0.0412. The molecule has 0 aliphatic heterocycles. The summed E-state index contributed by atoms with van der Waals surface area (Å²) in [6.07, 6.45) is 0. The van der Waals surface area contributed by atoms with Crippen molar-refractivity contribution in [1.29, 1.82) is 5.26 Å². The van der Waals surface area contributed by atoms with Crippen molar-refractivity contribution in [2.24, 2.45) is 0 Å². The van der Waals surface area contributed by atoms with Crippen molar-refractivity contribution in [3.63, 3.8) is 0 Å². The first-order chi connectivity index (χ1) is 7.65. The Kier molecular flexibility index (Phi) is 4.87. The highest BCUT2D eigenvalue weighted by molar-refractivity contribution is 8.00. The molecule has 0 radical (unpaired) electrons. The van der Waals surface area contributed by atoms with E-state index in [2.05, 4.69) is 19.2 Å². The Hall–Kier alpha value is -1.47. The third-order valence-corrected chi connectivity index (χ3v) is 2.90. The predicted molar refractivity (Wildman–Crippen MR) is 65.4 cm³/mol. The van der Waals surface area contributed by atoms with Gasteiger partial charge < -0.3 is 5.32 Å². The minimum Gasteiger partial charge on any atom is -0.339 e. The second kappa shape index (κ2) is 6.19. The second-order valence-corrected chi connectivity index (χ2v) is 5.12. The molecule has 0 aromatic heterocycles. The van der Waals surface area contributed by atoms with Crippen LogP contribution in [0.2, 0.25) is 0 Å². The second-order valence-electron chi connectivity index (χ2n) is 3.50. The zero-order chi connectivity index (χ0) is 12.0. The number of nitrogens with zero attached hydrogens (tertiary/aromatic N) is 1. The lowest BCUT2D eigenvalue weighted by atomic mass is 10.2. The van der Waals surface area contributed by atoms with Crippen LogP contribution in [0.1, 0.15) is 24.2 Å². The molecule has 0 aliphatic rings. The SMILES string of the molecule is CC(C)Sc1ccccc1C(=O)NCC#N. The van der Waals surface area contributed by atoms with Gasteiger partial charge in [-0.15, -0.1) is 11.8 Å². The molecule has 0 saturated heterocycles. The Balaban J connectivity index is 2.86. The number of thioether (sulfide) groups is 1. The first kappa shape index (κ1) is 12.6. The van der Waals surface area contributed by atoms with E-state index in [1.54, 1.807) is 17.8 Å². The van der Waals surface area contributed by atoms with E-state index in [0.29, 0.717) is 10.8 Å². The van der Waals surface area contributed by atoms with Gasteiger partial charge in [0.15, 0.2) is 0 Å². The van der Waals surface area contributed by atoms with Crippen molar-refractivity contribution in [3.05, 3.63) is 29.8 Å². The Morgan fingerprint density at radius 3 is 2.81 bits per heavy atom. The zero-order valence-electron chi connectivity index (χ0n) is 9.36. The van der Waals surface area contributed by atoms with Gasteiger partial charge in [0.25, 0.3) is 5.91 Å². The lowest BCUT2D eigenvalue weighted by Gasteiger charge is -2.10. The smallest absolute Gasteiger partial charge is 0.253 e. The first-order valence-electron chi connectivity index (χ1n) is 5.06. The van der Waals surface area contributed by atoms with Crippen molar-refractivity contribution in [1.82, 2.24) is 5.32 Å². The van der Waals surface area contributed by atoms with E-state index in [-0.39, 0.29) is 12.5 Å². The average molecular weight is 234 g/mol. The lowest BCUT2D eigenvalue weighted by molar-refractivity contribution is 0.0955. The van der Waals surface area contributed by atoms with Gasteiger partial charge in [0.1, 0.15) is 6.54 Å². The van der Waals surface area contributed by atoms with Crippen LogP contribution in [0.5, 0.6) is 0 Å². The summed E-state index contributed by atoms with van der Waals surface area (Å²) < 4.78 is 0. The van der Waals surface area contributed by atoms with E-state index in [4.69, 9.17) is 5.26 Å². The van der Waals surface area contributed by atoms with Gasteiger partial charge in [-0.1, -0.05) is 26.0 Å². The highest BCUT2D eigenvalue weighted by Crippen LogP contribution is 2.26. The summed E-state index contributed by atoms with van der Waals surface area (Å²) in [6, 6.07) is 9.32. The maximum atomic E-state index is 11.7. The fourth-order valence-electron chi connectivity index (χ4n) is 1.23. The van der Waals surface area contributed by atoms with Crippen LogP contribution < -0.4 is 5.32 Å². The lowest BCUT2D eigenvalue weighted by Crippen LogP contribution is -2.24. The number of amides is 1. The molecule has 0 bridgehead atoms. The van der Waals surface area contributed by atoms with Crippen LogP contribution in [0.25, 0.3) is 0 Å². The average Bonchev–Trinajstić information content (AvgIpc) is 2.26. The van der Waals surface area contributed by atoms with E-state index in [0.717, 1.165) is 4.90 Å². The van der Waals surface area contributed by atoms with Gasteiger partial charge in [-0.2, -0.15) is 5.26 Å². The Morgan fingerprint density at radius 1 is 1.50 bits per heavy atom. The number of carbonyl (C=O) groups excluding carboxylic acids is 1. The summed E-state index contributed by atoms with van der Waals surface area (Å²) in [6.45, 7) is 4.20. The molecule has 0 aliphatic carbocycles. The topological polar surface area (TPSA) is 52.9 Å². The van der Waals surface area contributed by atoms with Crippen molar-refractivity contribution < 1.29 is 4.79 Å². The number of rotatable bonds is 4.